The summed E-state index contributed by atoms with van der Waals surface area (Å²) in [5, 5.41) is 4.65. The van der Waals surface area contributed by atoms with Gasteiger partial charge in [0.25, 0.3) is 5.91 Å². The standard InChI is InChI=1S/C21H25N3O2/c22-24-13-19-18(21(24)25)2-1-3-20(19)26-14-17-6-4-15(5-7-17)12-16-8-10-23-11-9-16/h1-7,16,23H,8-14,22H2. The largest absolute Gasteiger partial charge is 0.489 e. The topological polar surface area (TPSA) is 67.6 Å². The van der Waals surface area contributed by atoms with Crippen LogP contribution < -0.4 is 15.9 Å². The molecule has 2 aliphatic rings. The Morgan fingerprint density at radius 3 is 2.58 bits per heavy atom. The Bertz CT molecular complexity index is 782. The molecule has 4 rings (SSSR count). The van der Waals surface area contributed by atoms with Gasteiger partial charge in [-0.3, -0.25) is 9.80 Å². The summed E-state index contributed by atoms with van der Waals surface area (Å²) in [7, 11) is 0. The van der Waals surface area contributed by atoms with Gasteiger partial charge in [-0.15, -0.1) is 0 Å². The van der Waals surface area contributed by atoms with Gasteiger partial charge >= 0.3 is 0 Å². The van der Waals surface area contributed by atoms with Gasteiger partial charge in [0.05, 0.1) is 6.54 Å². The third kappa shape index (κ3) is 3.59. The average Bonchev–Trinajstić information content (AvgIpc) is 2.97. The molecule has 2 aromatic carbocycles. The Labute approximate surface area is 154 Å². The van der Waals surface area contributed by atoms with Crippen LogP contribution in [0.25, 0.3) is 0 Å². The summed E-state index contributed by atoms with van der Waals surface area (Å²) in [5.41, 5.74) is 4.04. The van der Waals surface area contributed by atoms with Crippen LogP contribution in [0, 0.1) is 5.92 Å². The van der Waals surface area contributed by atoms with Crippen molar-refractivity contribution in [1.82, 2.24) is 10.3 Å². The maximum Gasteiger partial charge on any atom is 0.268 e. The monoisotopic (exact) mass is 351 g/mol. The molecule has 0 spiro atoms. The number of hydrazine groups is 1. The summed E-state index contributed by atoms with van der Waals surface area (Å²) in [6.07, 6.45) is 3.69. The SMILES string of the molecule is NN1Cc2c(OCc3ccc(CC4CCNCC4)cc3)cccc2C1=O. The third-order valence-corrected chi connectivity index (χ3v) is 5.35. The molecule has 26 heavy (non-hydrogen) atoms. The Morgan fingerprint density at radius 1 is 1.08 bits per heavy atom. The van der Waals surface area contributed by atoms with Crippen LogP contribution in [-0.4, -0.2) is 24.0 Å². The van der Waals surface area contributed by atoms with Crippen molar-refractivity contribution in [2.45, 2.75) is 32.4 Å². The Balaban J connectivity index is 1.38. The molecule has 1 amide bonds. The fraction of sp³-hybridized carbons (Fsp3) is 0.381. The molecule has 0 unspecified atom stereocenters. The number of amides is 1. The first-order chi connectivity index (χ1) is 12.7. The summed E-state index contributed by atoms with van der Waals surface area (Å²) >= 11 is 0. The van der Waals surface area contributed by atoms with Crippen molar-refractivity contribution in [3.05, 3.63) is 64.7 Å². The summed E-state index contributed by atoms with van der Waals surface area (Å²) in [5.74, 6) is 7.11. The van der Waals surface area contributed by atoms with Crippen molar-refractivity contribution in [2.75, 3.05) is 13.1 Å². The van der Waals surface area contributed by atoms with Gasteiger partial charge in [-0.1, -0.05) is 30.3 Å². The number of hydrogen-bond acceptors (Lipinski definition) is 4. The molecule has 0 radical (unpaired) electrons. The van der Waals surface area contributed by atoms with E-state index in [4.69, 9.17) is 10.6 Å². The highest BCUT2D eigenvalue weighted by molar-refractivity contribution is 5.98. The van der Waals surface area contributed by atoms with E-state index in [1.54, 1.807) is 6.07 Å². The van der Waals surface area contributed by atoms with E-state index in [2.05, 4.69) is 29.6 Å². The van der Waals surface area contributed by atoms with Gasteiger partial charge in [0.15, 0.2) is 0 Å². The van der Waals surface area contributed by atoms with Crippen LogP contribution in [0.2, 0.25) is 0 Å². The van der Waals surface area contributed by atoms with Crippen LogP contribution in [0.4, 0.5) is 0 Å². The smallest absolute Gasteiger partial charge is 0.268 e. The molecule has 2 aromatic rings. The van der Waals surface area contributed by atoms with E-state index in [0.29, 0.717) is 18.7 Å². The molecular weight excluding hydrogens is 326 g/mol. The molecular formula is C21H25N3O2. The van der Waals surface area contributed by atoms with Gasteiger partial charge in [-0.2, -0.15) is 0 Å². The number of benzene rings is 2. The molecule has 5 nitrogen and oxygen atoms in total. The molecule has 0 aliphatic carbocycles. The van der Waals surface area contributed by atoms with Gasteiger partial charge < -0.3 is 10.1 Å². The Hall–Kier alpha value is -2.37. The van der Waals surface area contributed by atoms with Gasteiger partial charge in [0.1, 0.15) is 12.4 Å². The molecule has 0 atom stereocenters. The van der Waals surface area contributed by atoms with Crippen LogP contribution in [0.3, 0.4) is 0 Å². The second-order valence-electron chi connectivity index (χ2n) is 7.22. The number of hydrogen-bond donors (Lipinski definition) is 2. The first-order valence-electron chi connectivity index (χ1n) is 9.30. The van der Waals surface area contributed by atoms with Crippen molar-refractivity contribution in [2.24, 2.45) is 11.8 Å². The second-order valence-corrected chi connectivity index (χ2v) is 7.22. The molecule has 5 heteroatoms. The quantitative estimate of drug-likeness (QED) is 0.642. The summed E-state index contributed by atoms with van der Waals surface area (Å²) in [4.78, 5) is 12.0. The number of fused-ring (bicyclic) bond motifs is 1. The van der Waals surface area contributed by atoms with Gasteiger partial charge in [0, 0.05) is 11.1 Å². The predicted octanol–water partition coefficient (Wildman–Crippen LogP) is 2.64. The van der Waals surface area contributed by atoms with Crippen molar-refractivity contribution in [1.29, 1.82) is 0 Å². The summed E-state index contributed by atoms with van der Waals surface area (Å²) in [6, 6.07) is 14.2. The lowest BCUT2D eigenvalue weighted by molar-refractivity contribution is 0.0778. The highest BCUT2D eigenvalue weighted by Gasteiger charge is 2.27. The fourth-order valence-corrected chi connectivity index (χ4v) is 3.81. The molecule has 3 N–H and O–H groups in total. The third-order valence-electron chi connectivity index (χ3n) is 5.35. The highest BCUT2D eigenvalue weighted by atomic mass is 16.5. The predicted molar refractivity (Wildman–Crippen MR) is 101 cm³/mol. The Kier molecular flexibility index (Phi) is 4.91. The molecule has 1 saturated heterocycles. The first-order valence-corrected chi connectivity index (χ1v) is 9.30. The zero-order valence-corrected chi connectivity index (χ0v) is 14.9. The molecule has 2 aliphatic heterocycles. The van der Waals surface area contributed by atoms with E-state index in [0.717, 1.165) is 42.3 Å². The maximum atomic E-state index is 12.0. The average molecular weight is 351 g/mol. The summed E-state index contributed by atoms with van der Waals surface area (Å²) in [6.45, 7) is 3.17. The molecule has 0 saturated carbocycles. The number of carbonyl (C=O) groups excluding carboxylic acids is 1. The summed E-state index contributed by atoms with van der Waals surface area (Å²) < 4.78 is 5.98. The first kappa shape index (κ1) is 17.1. The maximum absolute atomic E-state index is 12.0. The van der Waals surface area contributed by atoms with Crippen LogP contribution in [0.15, 0.2) is 42.5 Å². The van der Waals surface area contributed by atoms with E-state index in [-0.39, 0.29) is 5.91 Å². The zero-order valence-electron chi connectivity index (χ0n) is 14.9. The number of rotatable bonds is 5. The van der Waals surface area contributed by atoms with Crippen LogP contribution in [0.5, 0.6) is 5.75 Å². The number of piperidine rings is 1. The lowest BCUT2D eigenvalue weighted by atomic mass is 9.91. The molecule has 0 aromatic heterocycles. The fourth-order valence-electron chi connectivity index (χ4n) is 3.81. The number of nitrogens with one attached hydrogen (secondary N) is 1. The minimum absolute atomic E-state index is 0.146. The lowest BCUT2D eigenvalue weighted by Gasteiger charge is -2.22. The van der Waals surface area contributed by atoms with E-state index < -0.39 is 0 Å². The Morgan fingerprint density at radius 2 is 1.81 bits per heavy atom. The normalized spacial score (nSPS) is 17.4. The van der Waals surface area contributed by atoms with Crippen LogP contribution >= 0.6 is 0 Å². The van der Waals surface area contributed by atoms with E-state index in [1.807, 2.05) is 12.1 Å². The van der Waals surface area contributed by atoms with Crippen molar-refractivity contribution < 1.29 is 9.53 Å². The molecule has 2 heterocycles. The van der Waals surface area contributed by atoms with Crippen molar-refractivity contribution in [3.8, 4) is 5.75 Å². The number of ether oxygens (including phenoxy) is 1. The zero-order chi connectivity index (χ0) is 17.9. The van der Waals surface area contributed by atoms with Crippen LogP contribution in [-0.2, 0) is 19.6 Å². The second kappa shape index (κ2) is 7.48. The highest BCUT2D eigenvalue weighted by Crippen LogP contribution is 2.30. The molecule has 0 bridgehead atoms. The van der Waals surface area contributed by atoms with E-state index >= 15 is 0 Å². The number of carbonyl (C=O) groups is 1. The van der Waals surface area contributed by atoms with Gasteiger partial charge in [-0.25, -0.2) is 5.84 Å². The van der Waals surface area contributed by atoms with Crippen molar-refractivity contribution >= 4 is 5.91 Å². The van der Waals surface area contributed by atoms with E-state index in [1.165, 1.54) is 23.4 Å². The van der Waals surface area contributed by atoms with Crippen LogP contribution in [0.1, 0.15) is 39.9 Å². The lowest BCUT2D eigenvalue weighted by Crippen LogP contribution is -2.30. The molecule has 1 fully saturated rings. The minimum atomic E-state index is -0.146. The van der Waals surface area contributed by atoms with Crippen molar-refractivity contribution in [3.63, 3.8) is 0 Å². The van der Waals surface area contributed by atoms with Gasteiger partial charge in [0.2, 0.25) is 0 Å². The van der Waals surface area contributed by atoms with E-state index in [9.17, 15) is 4.79 Å². The number of nitrogens with zero attached hydrogens (tertiary/aromatic N) is 1. The van der Waals surface area contributed by atoms with Gasteiger partial charge in [-0.05, 0) is 61.5 Å². The molecule has 136 valence electrons. The minimum Gasteiger partial charge on any atom is -0.489 e. The number of nitrogens with two attached hydrogens (primary N) is 1.